The van der Waals surface area contributed by atoms with E-state index in [-0.39, 0.29) is 12.0 Å². The lowest BCUT2D eigenvalue weighted by molar-refractivity contribution is -0.143. The Hall–Kier alpha value is -0.650. The molecule has 0 aromatic rings. The molecule has 5 heteroatoms. The van der Waals surface area contributed by atoms with Crippen LogP contribution in [0.2, 0.25) is 0 Å². The van der Waals surface area contributed by atoms with Gasteiger partial charge in [-0.15, -0.1) is 0 Å². The van der Waals surface area contributed by atoms with Gasteiger partial charge in [0.1, 0.15) is 6.04 Å². The average Bonchev–Trinajstić information content (AvgIpc) is 2.78. The third kappa shape index (κ3) is 3.22. The number of ether oxygens (including phenoxy) is 2. The standard InChI is InChI=1S/C13H24N2O3/c1-3-17-9-7-14-5-6-15(10-11(14)2)12-4-8-18-13(12)16/h11-12H,3-10H2,1-2H3. The SMILES string of the molecule is CCOCCN1CCN(C2CCOC2=O)CC1C. The molecule has 0 aromatic carbocycles. The van der Waals surface area contributed by atoms with Crippen molar-refractivity contribution in [2.45, 2.75) is 32.4 Å². The van der Waals surface area contributed by atoms with Crippen LogP contribution >= 0.6 is 0 Å². The number of piperazine rings is 1. The monoisotopic (exact) mass is 256 g/mol. The van der Waals surface area contributed by atoms with Gasteiger partial charge in [0.05, 0.1) is 13.2 Å². The lowest BCUT2D eigenvalue weighted by Gasteiger charge is -2.41. The first-order valence-electron chi connectivity index (χ1n) is 6.95. The van der Waals surface area contributed by atoms with Crippen molar-refractivity contribution in [3.8, 4) is 0 Å². The fraction of sp³-hybridized carbons (Fsp3) is 0.923. The molecule has 2 aliphatic rings. The Morgan fingerprint density at radius 1 is 1.44 bits per heavy atom. The fourth-order valence-corrected chi connectivity index (χ4v) is 2.78. The molecule has 18 heavy (non-hydrogen) atoms. The van der Waals surface area contributed by atoms with Crippen molar-refractivity contribution in [1.29, 1.82) is 0 Å². The van der Waals surface area contributed by atoms with E-state index < -0.39 is 0 Å². The largest absolute Gasteiger partial charge is 0.464 e. The van der Waals surface area contributed by atoms with Crippen LogP contribution in [0.5, 0.6) is 0 Å². The van der Waals surface area contributed by atoms with Crippen molar-refractivity contribution in [3.63, 3.8) is 0 Å². The van der Waals surface area contributed by atoms with Gasteiger partial charge >= 0.3 is 5.97 Å². The van der Waals surface area contributed by atoms with Gasteiger partial charge in [-0.25, -0.2) is 0 Å². The zero-order valence-electron chi connectivity index (χ0n) is 11.4. The molecule has 0 aliphatic carbocycles. The highest BCUT2D eigenvalue weighted by Crippen LogP contribution is 2.18. The Morgan fingerprint density at radius 3 is 2.89 bits per heavy atom. The summed E-state index contributed by atoms with van der Waals surface area (Å²) in [6.45, 7) is 10.3. The molecule has 104 valence electrons. The lowest BCUT2D eigenvalue weighted by atomic mass is 10.1. The van der Waals surface area contributed by atoms with Crippen LogP contribution in [0.15, 0.2) is 0 Å². The first kappa shape index (κ1) is 13.8. The topological polar surface area (TPSA) is 42.0 Å². The number of carbonyl (C=O) groups is 1. The number of hydrogen-bond donors (Lipinski definition) is 0. The van der Waals surface area contributed by atoms with Gasteiger partial charge in [0.2, 0.25) is 0 Å². The van der Waals surface area contributed by atoms with Crippen LogP contribution in [0.4, 0.5) is 0 Å². The minimum Gasteiger partial charge on any atom is -0.464 e. The molecule has 2 unspecified atom stereocenters. The number of esters is 1. The third-order valence-electron chi connectivity index (χ3n) is 3.87. The lowest BCUT2D eigenvalue weighted by Crippen LogP contribution is -2.56. The molecule has 0 spiro atoms. The van der Waals surface area contributed by atoms with Crippen LogP contribution in [-0.4, -0.2) is 73.9 Å². The Labute approximate surface area is 109 Å². The summed E-state index contributed by atoms with van der Waals surface area (Å²) in [6, 6.07) is 0.481. The normalized spacial score (nSPS) is 30.7. The van der Waals surface area contributed by atoms with Gasteiger partial charge in [-0.3, -0.25) is 14.6 Å². The van der Waals surface area contributed by atoms with Crippen molar-refractivity contribution in [2.24, 2.45) is 0 Å². The van der Waals surface area contributed by atoms with Gasteiger partial charge < -0.3 is 9.47 Å². The Kier molecular flexibility index (Phi) is 4.97. The minimum absolute atomic E-state index is 0.00138. The molecule has 0 bridgehead atoms. The highest BCUT2D eigenvalue weighted by atomic mass is 16.5. The van der Waals surface area contributed by atoms with E-state index in [1.807, 2.05) is 6.92 Å². The predicted octanol–water partition coefficient (Wildman–Crippen LogP) is 0.345. The third-order valence-corrected chi connectivity index (χ3v) is 3.87. The van der Waals surface area contributed by atoms with Crippen LogP contribution in [0, 0.1) is 0 Å². The second-order valence-electron chi connectivity index (χ2n) is 5.05. The molecule has 0 radical (unpaired) electrons. The van der Waals surface area contributed by atoms with Crippen LogP contribution in [0.1, 0.15) is 20.3 Å². The zero-order valence-corrected chi connectivity index (χ0v) is 11.4. The van der Waals surface area contributed by atoms with E-state index in [1.165, 1.54) is 0 Å². The Morgan fingerprint density at radius 2 is 2.28 bits per heavy atom. The summed E-state index contributed by atoms with van der Waals surface area (Å²) < 4.78 is 10.4. The maximum Gasteiger partial charge on any atom is 0.323 e. The molecule has 0 aromatic heterocycles. The molecule has 2 fully saturated rings. The summed E-state index contributed by atoms with van der Waals surface area (Å²) in [5.41, 5.74) is 0. The molecule has 0 saturated carbocycles. The first-order chi connectivity index (χ1) is 8.72. The predicted molar refractivity (Wildman–Crippen MR) is 68.5 cm³/mol. The van der Waals surface area contributed by atoms with Crippen molar-refractivity contribution in [1.82, 2.24) is 9.80 Å². The van der Waals surface area contributed by atoms with E-state index >= 15 is 0 Å². The highest BCUT2D eigenvalue weighted by molar-refractivity contribution is 5.77. The molecular formula is C13H24N2O3. The summed E-state index contributed by atoms with van der Waals surface area (Å²) in [6.07, 6.45) is 0.852. The van der Waals surface area contributed by atoms with Crippen LogP contribution in [0.3, 0.4) is 0 Å². The van der Waals surface area contributed by atoms with Crippen molar-refractivity contribution < 1.29 is 14.3 Å². The maximum atomic E-state index is 11.6. The Balaban J connectivity index is 1.78. The minimum atomic E-state index is -0.0371. The molecule has 2 aliphatic heterocycles. The van der Waals surface area contributed by atoms with E-state index in [0.29, 0.717) is 12.6 Å². The number of hydrogen-bond acceptors (Lipinski definition) is 5. The van der Waals surface area contributed by atoms with E-state index in [4.69, 9.17) is 9.47 Å². The van der Waals surface area contributed by atoms with Gasteiger partial charge in [0.25, 0.3) is 0 Å². The molecule has 5 nitrogen and oxygen atoms in total. The smallest absolute Gasteiger partial charge is 0.323 e. The molecule has 2 rings (SSSR count). The summed E-state index contributed by atoms with van der Waals surface area (Å²) >= 11 is 0. The van der Waals surface area contributed by atoms with Gasteiger partial charge in [0, 0.05) is 45.2 Å². The van der Waals surface area contributed by atoms with Crippen molar-refractivity contribution >= 4 is 5.97 Å². The molecule has 0 N–H and O–H groups in total. The zero-order chi connectivity index (χ0) is 13.0. The summed E-state index contributed by atoms with van der Waals surface area (Å²) in [5, 5.41) is 0. The van der Waals surface area contributed by atoms with E-state index in [9.17, 15) is 4.79 Å². The van der Waals surface area contributed by atoms with Crippen LogP contribution in [0.25, 0.3) is 0 Å². The Bertz CT molecular complexity index is 285. The number of carbonyl (C=O) groups excluding carboxylic acids is 1. The molecule has 2 atom stereocenters. The van der Waals surface area contributed by atoms with E-state index in [0.717, 1.165) is 45.8 Å². The molecule has 2 saturated heterocycles. The number of cyclic esters (lactones) is 1. The van der Waals surface area contributed by atoms with Gasteiger partial charge in [-0.05, 0) is 13.8 Å². The summed E-state index contributed by atoms with van der Waals surface area (Å²) in [7, 11) is 0. The summed E-state index contributed by atoms with van der Waals surface area (Å²) in [5.74, 6) is -0.0371. The number of rotatable bonds is 5. The summed E-state index contributed by atoms with van der Waals surface area (Å²) in [4.78, 5) is 16.3. The molecule has 2 heterocycles. The van der Waals surface area contributed by atoms with Crippen molar-refractivity contribution in [2.75, 3.05) is 46.0 Å². The van der Waals surface area contributed by atoms with Crippen LogP contribution in [-0.2, 0) is 14.3 Å². The molecule has 0 amide bonds. The second kappa shape index (κ2) is 6.50. The van der Waals surface area contributed by atoms with Gasteiger partial charge in [-0.1, -0.05) is 0 Å². The maximum absolute atomic E-state index is 11.6. The highest BCUT2D eigenvalue weighted by Gasteiger charge is 2.35. The van der Waals surface area contributed by atoms with Crippen LogP contribution < -0.4 is 0 Å². The fourth-order valence-electron chi connectivity index (χ4n) is 2.78. The second-order valence-corrected chi connectivity index (χ2v) is 5.05. The quantitative estimate of drug-likeness (QED) is 0.524. The van der Waals surface area contributed by atoms with Gasteiger partial charge in [0.15, 0.2) is 0 Å². The number of nitrogens with zero attached hydrogens (tertiary/aromatic N) is 2. The van der Waals surface area contributed by atoms with Gasteiger partial charge in [-0.2, -0.15) is 0 Å². The van der Waals surface area contributed by atoms with E-state index in [2.05, 4.69) is 16.7 Å². The molecular weight excluding hydrogens is 232 g/mol. The average molecular weight is 256 g/mol. The van der Waals surface area contributed by atoms with E-state index in [1.54, 1.807) is 0 Å². The van der Waals surface area contributed by atoms with Crippen molar-refractivity contribution in [3.05, 3.63) is 0 Å². The first-order valence-corrected chi connectivity index (χ1v) is 6.95.